The van der Waals surface area contributed by atoms with Gasteiger partial charge in [0.05, 0.1) is 17.7 Å². The summed E-state index contributed by atoms with van der Waals surface area (Å²) in [5, 5.41) is 5.39. The number of hydrogen-bond acceptors (Lipinski definition) is 5. The lowest BCUT2D eigenvalue weighted by molar-refractivity contribution is -0.217. The Morgan fingerprint density at radius 2 is 1.89 bits per heavy atom. The van der Waals surface area contributed by atoms with E-state index in [-0.39, 0.29) is 6.61 Å². The summed E-state index contributed by atoms with van der Waals surface area (Å²) in [5.41, 5.74) is 1.53. The van der Waals surface area contributed by atoms with Gasteiger partial charge in [-0.3, -0.25) is 9.63 Å². The van der Waals surface area contributed by atoms with Crippen molar-refractivity contribution < 1.29 is 18.9 Å². The Balaban J connectivity index is 2.05. The first-order valence-corrected chi connectivity index (χ1v) is 10.0. The third kappa shape index (κ3) is 7.00. The number of hydrogen-bond donors (Lipinski definition) is 0. The highest BCUT2D eigenvalue weighted by Crippen LogP contribution is 2.32. The maximum Gasteiger partial charge on any atom is 0.258 e. The van der Waals surface area contributed by atoms with E-state index in [0.717, 1.165) is 36.1 Å². The van der Waals surface area contributed by atoms with Gasteiger partial charge in [-0.2, -0.15) is 0 Å². The SMILES string of the molecule is CCCCCCc1c(OCCN(C=O)OC(C)(C)C)noc1-c1ccccc1. The summed E-state index contributed by atoms with van der Waals surface area (Å²) >= 11 is 0. The summed E-state index contributed by atoms with van der Waals surface area (Å²) in [6.07, 6.45) is 6.12. The maximum atomic E-state index is 11.2. The Bertz CT molecular complexity index is 707. The first-order chi connectivity index (χ1) is 13.4. The molecule has 0 saturated carbocycles. The van der Waals surface area contributed by atoms with Gasteiger partial charge in [0.1, 0.15) is 6.61 Å². The number of nitrogens with zero attached hydrogens (tertiary/aromatic N) is 2. The van der Waals surface area contributed by atoms with Gasteiger partial charge in [-0.15, -0.1) is 0 Å². The van der Waals surface area contributed by atoms with Gasteiger partial charge in [0.2, 0.25) is 6.41 Å². The molecule has 6 heteroatoms. The molecule has 154 valence electrons. The third-order valence-electron chi connectivity index (χ3n) is 4.13. The third-order valence-corrected chi connectivity index (χ3v) is 4.13. The topological polar surface area (TPSA) is 64.8 Å². The molecule has 0 fully saturated rings. The zero-order chi connectivity index (χ0) is 20.4. The fourth-order valence-electron chi connectivity index (χ4n) is 2.88. The van der Waals surface area contributed by atoms with Crippen molar-refractivity contribution in [2.45, 2.75) is 65.4 Å². The fraction of sp³-hybridized carbons (Fsp3) is 0.545. The average Bonchev–Trinajstić information content (AvgIpc) is 3.07. The van der Waals surface area contributed by atoms with Crippen LogP contribution in [-0.2, 0) is 16.1 Å². The van der Waals surface area contributed by atoms with E-state index < -0.39 is 5.60 Å². The summed E-state index contributed by atoms with van der Waals surface area (Å²) in [6.45, 7) is 8.45. The molecule has 1 aromatic carbocycles. The Morgan fingerprint density at radius 1 is 1.14 bits per heavy atom. The van der Waals surface area contributed by atoms with Gasteiger partial charge in [-0.1, -0.05) is 56.5 Å². The summed E-state index contributed by atoms with van der Waals surface area (Å²) in [5.74, 6) is 1.25. The minimum absolute atomic E-state index is 0.275. The van der Waals surface area contributed by atoms with E-state index in [2.05, 4.69) is 12.1 Å². The van der Waals surface area contributed by atoms with Gasteiger partial charge in [0.25, 0.3) is 5.88 Å². The van der Waals surface area contributed by atoms with Crippen molar-refractivity contribution in [2.75, 3.05) is 13.2 Å². The molecule has 0 atom stereocenters. The summed E-state index contributed by atoms with van der Waals surface area (Å²) in [6, 6.07) is 9.94. The predicted octanol–water partition coefficient (Wildman–Crippen LogP) is 5.03. The second-order valence-corrected chi connectivity index (χ2v) is 7.77. The van der Waals surface area contributed by atoms with Crippen LogP contribution in [0.25, 0.3) is 11.3 Å². The average molecular weight is 389 g/mol. The van der Waals surface area contributed by atoms with E-state index in [1.54, 1.807) is 0 Å². The molecular formula is C22H32N2O4. The molecule has 0 saturated heterocycles. The highest BCUT2D eigenvalue weighted by atomic mass is 16.7. The molecule has 1 aromatic heterocycles. The summed E-state index contributed by atoms with van der Waals surface area (Å²) < 4.78 is 11.5. The smallest absolute Gasteiger partial charge is 0.258 e. The summed E-state index contributed by atoms with van der Waals surface area (Å²) in [4.78, 5) is 16.8. The van der Waals surface area contributed by atoms with Crippen molar-refractivity contribution in [3.63, 3.8) is 0 Å². The number of amides is 1. The van der Waals surface area contributed by atoms with Crippen LogP contribution in [0.5, 0.6) is 5.88 Å². The van der Waals surface area contributed by atoms with E-state index in [4.69, 9.17) is 14.1 Å². The number of unbranched alkanes of at least 4 members (excludes halogenated alkanes) is 3. The molecule has 6 nitrogen and oxygen atoms in total. The van der Waals surface area contributed by atoms with E-state index in [1.807, 2.05) is 51.1 Å². The number of aromatic nitrogens is 1. The van der Waals surface area contributed by atoms with E-state index >= 15 is 0 Å². The molecule has 0 bridgehead atoms. The van der Waals surface area contributed by atoms with Crippen LogP contribution < -0.4 is 4.74 Å². The molecule has 28 heavy (non-hydrogen) atoms. The first-order valence-electron chi connectivity index (χ1n) is 10.0. The Labute approximate surface area is 167 Å². The molecule has 0 unspecified atom stereocenters. The number of rotatable bonds is 12. The molecular weight excluding hydrogens is 356 g/mol. The highest BCUT2D eigenvalue weighted by molar-refractivity contribution is 5.63. The van der Waals surface area contributed by atoms with Gasteiger partial charge < -0.3 is 9.26 Å². The monoisotopic (exact) mass is 388 g/mol. The Morgan fingerprint density at radius 3 is 2.54 bits per heavy atom. The lowest BCUT2D eigenvalue weighted by Crippen LogP contribution is -2.35. The van der Waals surface area contributed by atoms with Crippen molar-refractivity contribution in [3.05, 3.63) is 35.9 Å². The van der Waals surface area contributed by atoms with Gasteiger partial charge in [0, 0.05) is 5.56 Å². The van der Waals surface area contributed by atoms with Gasteiger partial charge in [-0.05, 0) is 38.8 Å². The van der Waals surface area contributed by atoms with E-state index in [1.165, 1.54) is 17.9 Å². The van der Waals surface area contributed by atoms with Crippen LogP contribution in [0, 0.1) is 0 Å². The predicted molar refractivity (Wildman–Crippen MR) is 109 cm³/mol. The summed E-state index contributed by atoms with van der Waals surface area (Å²) in [7, 11) is 0. The zero-order valence-electron chi connectivity index (χ0n) is 17.4. The Hall–Kier alpha value is -2.34. The molecule has 0 aliphatic heterocycles. The lowest BCUT2D eigenvalue weighted by Gasteiger charge is -2.26. The van der Waals surface area contributed by atoms with Crippen molar-refractivity contribution in [3.8, 4) is 17.2 Å². The molecule has 2 rings (SSSR count). The van der Waals surface area contributed by atoms with Crippen LogP contribution >= 0.6 is 0 Å². The number of carbonyl (C=O) groups excluding carboxylic acids is 1. The molecule has 2 aromatic rings. The molecule has 0 N–H and O–H groups in total. The highest BCUT2D eigenvalue weighted by Gasteiger charge is 2.20. The van der Waals surface area contributed by atoms with Crippen molar-refractivity contribution in [1.29, 1.82) is 0 Å². The number of benzene rings is 1. The largest absolute Gasteiger partial charge is 0.473 e. The van der Waals surface area contributed by atoms with Crippen molar-refractivity contribution in [1.82, 2.24) is 10.2 Å². The number of ether oxygens (including phenoxy) is 1. The standard InChI is InChI=1S/C22H32N2O4/c1-5-6-7-11-14-19-20(18-12-9-8-10-13-18)27-23-21(19)26-16-15-24(17-25)28-22(2,3)4/h8-10,12-13,17H,5-7,11,14-16H2,1-4H3. The minimum atomic E-state index is -0.445. The minimum Gasteiger partial charge on any atom is -0.473 e. The van der Waals surface area contributed by atoms with Crippen molar-refractivity contribution in [2.24, 2.45) is 0 Å². The number of hydroxylamine groups is 2. The van der Waals surface area contributed by atoms with E-state index in [0.29, 0.717) is 18.8 Å². The van der Waals surface area contributed by atoms with Crippen LogP contribution in [0.1, 0.15) is 58.9 Å². The van der Waals surface area contributed by atoms with Gasteiger partial charge in [0.15, 0.2) is 5.76 Å². The molecule has 0 aliphatic carbocycles. The van der Waals surface area contributed by atoms with Crippen molar-refractivity contribution >= 4 is 6.41 Å². The molecule has 1 heterocycles. The molecule has 0 radical (unpaired) electrons. The zero-order valence-corrected chi connectivity index (χ0v) is 17.4. The molecule has 0 aliphatic rings. The van der Waals surface area contributed by atoms with Gasteiger partial charge in [-0.25, -0.2) is 5.06 Å². The van der Waals surface area contributed by atoms with Crippen LogP contribution in [0.4, 0.5) is 0 Å². The van der Waals surface area contributed by atoms with Gasteiger partial charge >= 0.3 is 0 Å². The van der Waals surface area contributed by atoms with Crippen LogP contribution in [-0.4, -0.2) is 35.4 Å². The molecule has 0 spiro atoms. The van der Waals surface area contributed by atoms with Crippen LogP contribution in [0.2, 0.25) is 0 Å². The molecule has 1 amide bonds. The maximum absolute atomic E-state index is 11.2. The quantitative estimate of drug-likeness (QED) is 0.290. The second-order valence-electron chi connectivity index (χ2n) is 7.77. The number of carbonyl (C=O) groups is 1. The first kappa shape index (κ1) is 22.0. The second kappa shape index (κ2) is 10.9. The normalized spacial score (nSPS) is 11.4. The Kier molecular flexibility index (Phi) is 8.51. The van der Waals surface area contributed by atoms with Crippen LogP contribution in [0.15, 0.2) is 34.9 Å². The fourth-order valence-corrected chi connectivity index (χ4v) is 2.88. The van der Waals surface area contributed by atoms with E-state index in [9.17, 15) is 4.79 Å². The lowest BCUT2D eigenvalue weighted by atomic mass is 10.0. The van der Waals surface area contributed by atoms with Crippen LogP contribution in [0.3, 0.4) is 0 Å².